The average molecular weight is 155 g/mol. The molecule has 0 aliphatic carbocycles. The average Bonchev–Trinajstić information content (AvgIpc) is 1.85. The molecule has 64 valence electrons. The fraction of sp³-hybridized carbons (Fsp3) is 0.889. The summed E-state index contributed by atoms with van der Waals surface area (Å²) in [7, 11) is 0. The molecule has 0 amide bonds. The maximum absolute atomic E-state index is 9.12. The Morgan fingerprint density at radius 2 is 2.45 bits per heavy atom. The first-order valence-corrected chi connectivity index (χ1v) is 4.40. The highest BCUT2D eigenvalue weighted by Crippen LogP contribution is 2.17. The van der Waals surface area contributed by atoms with E-state index >= 15 is 0 Å². The van der Waals surface area contributed by atoms with Crippen molar-refractivity contribution < 1.29 is 5.11 Å². The Bertz CT molecular complexity index is 152. The van der Waals surface area contributed by atoms with E-state index in [9.17, 15) is 0 Å². The summed E-state index contributed by atoms with van der Waals surface area (Å²) < 4.78 is 0. The fourth-order valence-electron chi connectivity index (χ4n) is 1.60. The van der Waals surface area contributed by atoms with Crippen LogP contribution in [-0.2, 0) is 0 Å². The van der Waals surface area contributed by atoms with Crippen molar-refractivity contribution in [3.8, 4) is 0 Å². The highest BCUT2D eigenvalue weighted by Gasteiger charge is 2.14. The zero-order valence-electron chi connectivity index (χ0n) is 7.38. The summed E-state index contributed by atoms with van der Waals surface area (Å²) in [5, 5.41) is 9.12. The van der Waals surface area contributed by atoms with Crippen molar-refractivity contribution >= 4 is 5.71 Å². The number of aliphatic hydroxyl groups is 1. The van der Waals surface area contributed by atoms with Crippen molar-refractivity contribution in [2.75, 3.05) is 0 Å². The molecular weight excluding hydrogens is 138 g/mol. The lowest BCUT2D eigenvalue weighted by atomic mass is 9.99. The van der Waals surface area contributed by atoms with Gasteiger partial charge in [-0.2, -0.15) is 0 Å². The van der Waals surface area contributed by atoms with Gasteiger partial charge in [-0.05, 0) is 39.5 Å². The predicted octanol–water partition coefficient (Wildman–Crippen LogP) is 1.77. The second-order valence-electron chi connectivity index (χ2n) is 3.50. The van der Waals surface area contributed by atoms with Gasteiger partial charge < -0.3 is 5.11 Å². The normalized spacial score (nSPS) is 27.9. The van der Waals surface area contributed by atoms with Crippen molar-refractivity contribution in [3.05, 3.63) is 0 Å². The van der Waals surface area contributed by atoms with Crippen molar-refractivity contribution in [1.29, 1.82) is 0 Å². The van der Waals surface area contributed by atoms with Gasteiger partial charge in [0.05, 0.1) is 12.1 Å². The molecule has 0 bridgehead atoms. The Kier molecular flexibility index (Phi) is 3.06. The molecule has 2 atom stereocenters. The van der Waals surface area contributed by atoms with E-state index in [1.807, 2.05) is 6.92 Å². The number of hydrogen-bond donors (Lipinski definition) is 1. The topological polar surface area (TPSA) is 32.6 Å². The summed E-state index contributed by atoms with van der Waals surface area (Å²) in [6.07, 6.45) is 4.18. The molecule has 2 nitrogen and oxygen atoms in total. The van der Waals surface area contributed by atoms with Gasteiger partial charge in [-0.25, -0.2) is 0 Å². The molecule has 11 heavy (non-hydrogen) atoms. The Morgan fingerprint density at radius 1 is 1.73 bits per heavy atom. The maximum atomic E-state index is 9.12. The van der Waals surface area contributed by atoms with Crippen LogP contribution in [0, 0.1) is 0 Å². The first kappa shape index (κ1) is 8.72. The van der Waals surface area contributed by atoms with E-state index in [1.165, 1.54) is 12.1 Å². The second-order valence-corrected chi connectivity index (χ2v) is 3.50. The molecule has 1 N–H and O–H groups in total. The van der Waals surface area contributed by atoms with Gasteiger partial charge in [-0.3, -0.25) is 4.99 Å². The Hall–Kier alpha value is -0.370. The molecule has 0 aromatic heterocycles. The Balaban J connectivity index is 2.39. The molecule has 0 radical (unpaired) electrons. The largest absolute Gasteiger partial charge is 0.393 e. The standard InChI is InChI=1S/C9H17NO/c1-7-4-3-5-9(10-7)6-8(2)11/h8-9,11H,3-6H2,1-2H3/t8-,9-/m1/s1. The second kappa shape index (κ2) is 3.86. The van der Waals surface area contributed by atoms with Crippen molar-refractivity contribution in [2.45, 2.75) is 51.7 Å². The molecule has 0 aromatic rings. The van der Waals surface area contributed by atoms with Crippen LogP contribution in [-0.4, -0.2) is 23.0 Å². The van der Waals surface area contributed by atoms with Gasteiger partial charge in [0, 0.05) is 5.71 Å². The number of rotatable bonds is 2. The number of nitrogens with zero attached hydrogens (tertiary/aromatic N) is 1. The van der Waals surface area contributed by atoms with E-state index < -0.39 is 0 Å². The summed E-state index contributed by atoms with van der Waals surface area (Å²) in [6, 6.07) is 0.392. The highest BCUT2D eigenvalue weighted by atomic mass is 16.3. The van der Waals surface area contributed by atoms with Crippen LogP contribution in [0.2, 0.25) is 0 Å². The van der Waals surface area contributed by atoms with Crippen LogP contribution in [0.5, 0.6) is 0 Å². The van der Waals surface area contributed by atoms with Crippen LogP contribution < -0.4 is 0 Å². The van der Waals surface area contributed by atoms with E-state index in [4.69, 9.17) is 5.11 Å². The molecular formula is C9H17NO. The first-order chi connectivity index (χ1) is 5.18. The lowest BCUT2D eigenvalue weighted by molar-refractivity contribution is 0.172. The molecule has 0 spiro atoms. The lowest BCUT2D eigenvalue weighted by Crippen LogP contribution is -2.18. The molecule has 1 aliphatic rings. The van der Waals surface area contributed by atoms with E-state index in [0.717, 1.165) is 19.3 Å². The van der Waals surface area contributed by atoms with Crippen LogP contribution in [0.15, 0.2) is 4.99 Å². The summed E-state index contributed by atoms with van der Waals surface area (Å²) in [5.74, 6) is 0. The van der Waals surface area contributed by atoms with Gasteiger partial charge in [0.1, 0.15) is 0 Å². The summed E-state index contributed by atoms with van der Waals surface area (Å²) in [6.45, 7) is 3.91. The molecule has 0 saturated carbocycles. The third-order valence-corrected chi connectivity index (χ3v) is 2.09. The molecule has 0 saturated heterocycles. The summed E-state index contributed by atoms with van der Waals surface area (Å²) in [4.78, 5) is 4.48. The van der Waals surface area contributed by atoms with Gasteiger partial charge >= 0.3 is 0 Å². The molecule has 0 unspecified atom stereocenters. The zero-order valence-corrected chi connectivity index (χ0v) is 7.38. The van der Waals surface area contributed by atoms with Crippen molar-refractivity contribution in [1.82, 2.24) is 0 Å². The molecule has 0 aromatic carbocycles. The van der Waals surface area contributed by atoms with Gasteiger partial charge in [0.15, 0.2) is 0 Å². The van der Waals surface area contributed by atoms with Gasteiger partial charge in [0.25, 0.3) is 0 Å². The van der Waals surface area contributed by atoms with Gasteiger partial charge in [-0.1, -0.05) is 0 Å². The zero-order chi connectivity index (χ0) is 8.27. The molecule has 1 rings (SSSR count). The van der Waals surface area contributed by atoms with Crippen LogP contribution in [0.25, 0.3) is 0 Å². The lowest BCUT2D eigenvalue weighted by Gasteiger charge is -2.19. The summed E-state index contributed by atoms with van der Waals surface area (Å²) in [5.41, 5.74) is 1.25. The van der Waals surface area contributed by atoms with Crippen LogP contribution in [0.1, 0.15) is 39.5 Å². The number of aliphatic hydroxyl groups excluding tert-OH is 1. The minimum atomic E-state index is -0.199. The van der Waals surface area contributed by atoms with Crippen molar-refractivity contribution in [2.24, 2.45) is 4.99 Å². The highest BCUT2D eigenvalue weighted by molar-refractivity contribution is 5.82. The summed E-state index contributed by atoms with van der Waals surface area (Å²) >= 11 is 0. The minimum absolute atomic E-state index is 0.199. The Morgan fingerprint density at radius 3 is 3.00 bits per heavy atom. The predicted molar refractivity (Wildman–Crippen MR) is 47.0 cm³/mol. The van der Waals surface area contributed by atoms with Crippen LogP contribution in [0.3, 0.4) is 0 Å². The monoisotopic (exact) mass is 155 g/mol. The minimum Gasteiger partial charge on any atom is -0.393 e. The van der Waals surface area contributed by atoms with Crippen molar-refractivity contribution in [3.63, 3.8) is 0 Å². The van der Waals surface area contributed by atoms with Crippen LogP contribution in [0.4, 0.5) is 0 Å². The van der Waals surface area contributed by atoms with E-state index in [1.54, 1.807) is 0 Å². The van der Waals surface area contributed by atoms with Crippen LogP contribution >= 0.6 is 0 Å². The number of aliphatic imine (C=N–C) groups is 1. The fourth-order valence-corrected chi connectivity index (χ4v) is 1.60. The molecule has 1 heterocycles. The Labute approximate surface area is 68.3 Å². The SMILES string of the molecule is CC1=N[C@@H](C[C@@H](C)O)CCC1. The van der Waals surface area contributed by atoms with Gasteiger partial charge in [0.2, 0.25) is 0 Å². The van der Waals surface area contributed by atoms with E-state index in [-0.39, 0.29) is 6.10 Å². The number of hydrogen-bond acceptors (Lipinski definition) is 2. The third-order valence-electron chi connectivity index (χ3n) is 2.09. The van der Waals surface area contributed by atoms with E-state index in [2.05, 4.69) is 11.9 Å². The molecule has 2 heteroatoms. The first-order valence-electron chi connectivity index (χ1n) is 4.40. The smallest absolute Gasteiger partial charge is 0.0532 e. The molecule has 1 aliphatic heterocycles. The third kappa shape index (κ3) is 3.02. The van der Waals surface area contributed by atoms with E-state index in [0.29, 0.717) is 6.04 Å². The maximum Gasteiger partial charge on any atom is 0.0532 e. The molecule has 0 fully saturated rings. The van der Waals surface area contributed by atoms with Gasteiger partial charge in [-0.15, -0.1) is 0 Å². The quantitative estimate of drug-likeness (QED) is 0.647.